The number of aromatic nitrogens is 2. The van der Waals surface area contributed by atoms with Crippen molar-refractivity contribution in [3.05, 3.63) is 193 Å². The fourth-order valence-corrected chi connectivity index (χ4v) is 41.6. The minimum atomic E-state index is -3.60. The Morgan fingerprint density at radius 3 is 0.973 bits per heavy atom. The number of rotatable bonds is 19. The molecule has 2 aromatic heterocycles. The SMILES string of the molecule is C=S(=O)(c1ccc(N2CCOCC2)nc1)N1CC2(C)CC1CC(C)(C)C2.C=S(=O)(c1ccc(Oc2ccccc2)nc1)N1CC2(C)CC1CC(C)(C)C2.CC(O)c1ccc(S(=O)(=O)N2CC3(C)CC2CC(C)(C)C3)cc1.CC1(C)CC2CC(C)(CN2S(=O)(=O)c2ccc(S(C)(=O)=O)cc2)C1.CC1(C)CC2CC(C)(CN2S(=O)(=O)c2ccc3ccccc3c2)C1.COC(C)c1ccc(S(=O)(=O)N2CC3(C)CC2CC(C)(C)C3)cc1. The summed E-state index contributed by atoms with van der Waals surface area (Å²) in [5.41, 5.74) is 3.84. The number of ether oxygens (including phenoxy) is 3. The first-order valence-electron chi connectivity index (χ1n) is 53.0. The van der Waals surface area contributed by atoms with E-state index in [4.69, 9.17) is 14.2 Å². The number of pyridine rings is 2. The van der Waals surface area contributed by atoms with Crippen LogP contribution in [0.1, 0.15) is 277 Å². The lowest BCUT2D eigenvalue weighted by atomic mass is 9.65. The monoisotopic (exact) mass is 2160 g/mol. The highest BCUT2D eigenvalue weighted by Gasteiger charge is 2.60. The van der Waals surface area contributed by atoms with Gasteiger partial charge in [-0.25, -0.2) is 69.1 Å². The summed E-state index contributed by atoms with van der Waals surface area (Å²) in [4.78, 5) is 14.1. The number of sulfonamides is 4. The Morgan fingerprint density at radius 2 is 0.642 bits per heavy atom. The van der Waals surface area contributed by atoms with E-state index in [1.54, 1.807) is 92.2 Å². The zero-order chi connectivity index (χ0) is 108. The molecule has 13 fully saturated rings. The van der Waals surface area contributed by atoms with E-state index in [9.17, 15) is 55.6 Å². The van der Waals surface area contributed by atoms with Gasteiger partial charge in [0.1, 0.15) is 11.6 Å². The molecule has 32 heteroatoms. The Morgan fingerprint density at radius 1 is 0.345 bits per heavy atom. The minimum absolute atomic E-state index is 0.0200. The quantitative estimate of drug-likeness (QED) is 0.0735. The molecule has 25 nitrogen and oxygen atoms in total. The van der Waals surface area contributed by atoms with Crippen LogP contribution < -0.4 is 9.64 Å². The van der Waals surface area contributed by atoms with Gasteiger partial charge in [0.25, 0.3) is 0 Å². The van der Waals surface area contributed by atoms with Gasteiger partial charge >= 0.3 is 0 Å². The van der Waals surface area contributed by atoms with Crippen LogP contribution in [0.3, 0.4) is 0 Å². The normalized spacial score (nSPS) is 31.1. The molecule has 16 atom stereocenters. The number of fused-ring (bicyclic) bond motifs is 13. The third-order valence-corrected chi connectivity index (χ3v) is 47.0. The number of morpholine rings is 1. The van der Waals surface area contributed by atoms with E-state index in [2.05, 4.69) is 160 Å². The number of sulfone groups is 1. The Hall–Kier alpha value is -7.09. The maximum absolute atomic E-state index is 13.7. The molecular weight excluding hydrogens is 2000 g/mol. The number of para-hydroxylation sites is 1. The van der Waals surface area contributed by atoms with Gasteiger partial charge in [-0.2, -0.15) is 17.2 Å². The number of methoxy groups -OCH3 is 1. The van der Waals surface area contributed by atoms with Crippen molar-refractivity contribution in [2.75, 3.05) is 83.8 Å². The van der Waals surface area contributed by atoms with Crippen LogP contribution in [-0.4, -0.2) is 218 Å². The van der Waals surface area contributed by atoms with Gasteiger partial charge in [0.2, 0.25) is 46.0 Å². The first kappa shape index (κ1) is 113. The zero-order valence-corrected chi connectivity index (χ0v) is 97.3. The molecule has 7 saturated heterocycles. The van der Waals surface area contributed by atoms with Crippen LogP contribution in [0.15, 0.2) is 217 Å². The highest BCUT2D eigenvalue weighted by Crippen LogP contribution is 2.61. The molecule has 9 heterocycles. The minimum Gasteiger partial charge on any atom is -0.439 e. The van der Waals surface area contributed by atoms with Crippen molar-refractivity contribution in [2.24, 2.45) is 65.0 Å². The van der Waals surface area contributed by atoms with Gasteiger partial charge < -0.3 is 24.2 Å². The van der Waals surface area contributed by atoms with Crippen molar-refractivity contribution in [1.29, 1.82) is 0 Å². The van der Waals surface area contributed by atoms with Crippen LogP contribution in [0.5, 0.6) is 11.6 Å². The summed E-state index contributed by atoms with van der Waals surface area (Å²) >= 11 is 0. The first-order valence-corrected chi connectivity index (χ1v) is 64.0. The molecule has 7 aliphatic heterocycles. The number of nitrogens with zero attached hydrogens (tertiary/aromatic N) is 9. The number of aliphatic hydroxyl groups excluding tert-OH is 1. The number of benzene rings is 6. The molecule has 812 valence electrons. The fraction of sp³-hybridized carbons (Fsp3) is 0.603. The van der Waals surface area contributed by atoms with Gasteiger partial charge in [-0.3, -0.25) is 0 Å². The maximum Gasteiger partial charge on any atom is 0.243 e. The van der Waals surface area contributed by atoms with Gasteiger partial charge in [-0.05, 0) is 319 Å². The summed E-state index contributed by atoms with van der Waals surface area (Å²) in [6.07, 6.45) is 22.5. The molecule has 1 N–H and O–H groups in total. The first-order chi connectivity index (χ1) is 68.5. The van der Waals surface area contributed by atoms with Crippen LogP contribution in [0.4, 0.5) is 5.82 Å². The Balaban J connectivity index is 0.000000127. The van der Waals surface area contributed by atoms with Gasteiger partial charge in [0.15, 0.2) is 9.84 Å². The average Bonchev–Trinajstić information content (AvgIpc) is 1.62. The van der Waals surface area contributed by atoms with E-state index >= 15 is 0 Å². The highest BCUT2D eigenvalue weighted by molar-refractivity contribution is 7.98. The second kappa shape index (κ2) is 40.9. The van der Waals surface area contributed by atoms with E-state index in [-0.39, 0.29) is 99.6 Å². The molecule has 12 bridgehead atoms. The Kier molecular flexibility index (Phi) is 31.4. The lowest BCUT2D eigenvalue weighted by Gasteiger charge is -2.40. The summed E-state index contributed by atoms with van der Waals surface area (Å²) in [5, 5.41) is 11.6. The number of aliphatic hydroxyl groups is 1. The van der Waals surface area contributed by atoms with Crippen molar-refractivity contribution in [2.45, 2.75) is 337 Å². The summed E-state index contributed by atoms with van der Waals surface area (Å²) < 4.78 is 183. The van der Waals surface area contributed by atoms with E-state index in [0.29, 0.717) is 69.1 Å². The third-order valence-electron chi connectivity index (χ3n) is 33.9. The van der Waals surface area contributed by atoms with E-state index < -0.39 is 75.4 Å². The molecule has 16 unspecified atom stereocenters. The third kappa shape index (κ3) is 25.0. The predicted octanol–water partition coefficient (Wildman–Crippen LogP) is 22.0. The second-order valence-electron chi connectivity index (χ2n) is 53.1. The van der Waals surface area contributed by atoms with E-state index in [0.717, 1.165) is 187 Å². The second-order valence-corrected chi connectivity index (χ2v) is 67.1. The topological polar surface area (TPSA) is 301 Å². The smallest absolute Gasteiger partial charge is 0.243 e. The molecule has 13 aliphatic rings. The molecule has 8 aromatic rings. The van der Waals surface area contributed by atoms with Crippen LogP contribution in [0.25, 0.3) is 10.8 Å². The molecule has 21 rings (SSSR count). The summed E-state index contributed by atoms with van der Waals surface area (Å²) in [5.74, 6) is 10.5. The van der Waals surface area contributed by atoms with Crippen LogP contribution in [0.2, 0.25) is 0 Å². The molecule has 148 heavy (non-hydrogen) atoms. The van der Waals surface area contributed by atoms with Crippen LogP contribution in [-0.2, 0) is 78.8 Å². The molecule has 0 amide bonds. The molecule has 0 radical (unpaired) electrons. The standard InChI is InChI=1S/C22H28N2O2S.C20H31N3O2S.C20H25NO2S.C19H29NO3S.C18H27NO3S.C17H25NO4S2/c1-21(2)12-17-13-22(3,15-21)16-24(17)27(4,25)19-10-11-20(23-14-19)26-18-8-6-5-7-9-18;1-19(2)11-16-12-20(3,14-19)15-23(16)26(4,24)17-5-6-18(21-13-17)22-7-9-25-10-8-22;1-19(2)11-17-12-20(3,13-19)14-21(17)24(22,23)18-9-8-15-6-4-5-7-16(15)10-18;1-14(23-5)15-6-8-17(9-7-15)24(21,22)20-13-19(4)11-16(20)10-18(2,3)12-19;1-13(20)14-5-7-16(8-6-14)23(21,22)19-12-18(4)10-15(19)9-17(2,3)11-18;1-16(2)9-13-10-17(3,11-16)12-18(13)24(21,22)15-7-5-14(6-8-15)23(4,19)20/h5-11,14,17H,4,12-13,15-16H2,1-3H3;5-6,13,16H,4,7-12,14-15H2,1-3H3;4-10,17H,11-14H2,1-3H3;6-9,14,16H,10-13H2,1-5H3;5-8,13,15,20H,9-12H2,1-4H3;5-8,13H,9-12H2,1-4H3. The van der Waals surface area contributed by atoms with Crippen molar-refractivity contribution in [3.8, 4) is 11.6 Å². The highest BCUT2D eigenvalue weighted by atomic mass is 32.2. The zero-order valence-electron chi connectivity index (χ0n) is 91.6. The fourth-order valence-electron chi connectivity index (χ4n) is 30.0. The van der Waals surface area contributed by atoms with Crippen molar-refractivity contribution in [1.82, 2.24) is 35.8 Å². The van der Waals surface area contributed by atoms with Crippen LogP contribution >= 0.6 is 0 Å². The number of hydrogen-bond acceptors (Lipinski definition) is 19. The van der Waals surface area contributed by atoms with Crippen LogP contribution in [0, 0.1) is 65.0 Å². The lowest BCUT2D eigenvalue weighted by Crippen LogP contribution is -2.38. The molecule has 6 saturated carbocycles. The molecule has 6 aliphatic carbocycles. The summed E-state index contributed by atoms with van der Waals surface area (Å²) in [6, 6.07) is 50.9. The molecule has 6 aromatic carbocycles. The largest absolute Gasteiger partial charge is 0.439 e. The van der Waals surface area contributed by atoms with Crippen molar-refractivity contribution in [3.63, 3.8) is 0 Å². The summed E-state index contributed by atoms with van der Waals surface area (Å²) in [6.45, 7) is 51.8. The van der Waals surface area contributed by atoms with Gasteiger partial charge in [-0.15, -0.1) is 0 Å². The average molecular weight is 2170 g/mol. The van der Waals surface area contributed by atoms with E-state index in [1.807, 2.05) is 104 Å². The van der Waals surface area contributed by atoms with Gasteiger partial charge in [0, 0.05) is 120 Å². The lowest BCUT2D eigenvalue weighted by molar-refractivity contribution is 0.119. The molecular formula is C116H165N9O16S7. The molecule has 0 spiro atoms. The number of anilines is 1. The summed E-state index contributed by atoms with van der Waals surface area (Å²) in [7, 11) is -20.7. The van der Waals surface area contributed by atoms with Gasteiger partial charge in [-0.1, -0.05) is 197 Å². The van der Waals surface area contributed by atoms with Crippen molar-refractivity contribution < 1.29 is 69.8 Å². The predicted molar refractivity (Wildman–Crippen MR) is 594 cm³/mol. The number of hydrogen-bond donors (Lipinski definition) is 1. The van der Waals surface area contributed by atoms with E-state index in [1.165, 1.54) is 37.1 Å². The maximum atomic E-state index is 13.7. The Labute approximate surface area is 887 Å². The Bertz CT molecular complexity index is 7020. The van der Waals surface area contributed by atoms with Crippen molar-refractivity contribution >= 4 is 97.7 Å². The van der Waals surface area contributed by atoms with Gasteiger partial charge in [0.05, 0.1) is 79.1 Å².